The molecule has 1 saturated heterocycles. The van der Waals surface area contributed by atoms with Crippen molar-refractivity contribution < 1.29 is 18.0 Å². The summed E-state index contributed by atoms with van der Waals surface area (Å²) in [5.41, 5.74) is 5.60. The Kier molecular flexibility index (Phi) is 3.54. The molecule has 1 aromatic heterocycles. The van der Waals surface area contributed by atoms with Crippen LogP contribution in [0.25, 0.3) is 0 Å². The molecule has 0 saturated carbocycles. The lowest BCUT2D eigenvalue weighted by molar-refractivity contribution is -0.183. The van der Waals surface area contributed by atoms with Crippen molar-refractivity contribution in [1.82, 2.24) is 20.5 Å². The number of halogens is 3. The van der Waals surface area contributed by atoms with Crippen LogP contribution >= 0.6 is 0 Å². The second-order valence-corrected chi connectivity index (χ2v) is 4.43. The molecule has 0 aliphatic carbocycles. The number of anilines is 1. The molecule has 0 bridgehead atoms. The van der Waals surface area contributed by atoms with Gasteiger partial charge in [0.05, 0.1) is 17.8 Å². The number of nitrogens with zero attached hydrogens (tertiary/aromatic N) is 3. The monoisotopic (exact) mass is 275 g/mol. The molecule has 0 radical (unpaired) electrons. The fraction of sp³-hybridized carbons (Fsp3) is 0.600. The van der Waals surface area contributed by atoms with Crippen molar-refractivity contribution in [1.29, 1.82) is 0 Å². The van der Waals surface area contributed by atoms with Crippen molar-refractivity contribution in [2.45, 2.75) is 19.0 Å². The predicted molar refractivity (Wildman–Crippen MR) is 58.6 cm³/mol. The minimum Gasteiger partial charge on any atom is -0.366 e. The van der Waals surface area contributed by atoms with Crippen LogP contribution in [0, 0.1) is 11.8 Å². The Morgan fingerprint density at radius 1 is 1.42 bits per heavy atom. The number of aromatic nitrogens is 3. The van der Waals surface area contributed by atoms with Gasteiger partial charge in [-0.2, -0.15) is 18.3 Å². The lowest BCUT2D eigenvalue weighted by atomic mass is 9.86. The van der Waals surface area contributed by atoms with E-state index in [1.165, 1.54) is 6.20 Å². The standard InChI is InChI=1S/C10H12F3N5O/c11-10(12,13)6-1-5(8(19)15-3-6)2-7-4-16-9(14)18-17-7/h4-6H,1-3H2,(H,15,19)(H2,14,16,18)/t5-,6+/m1/s1. The van der Waals surface area contributed by atoms with Gasteiger partial charge in [0.25, 0.3) is 0 Å². The molecule has 2 atom stereocenters. The number of hydrogen-bond donors (Lipinski definition) is 2. The molecule has 1 aliphatic heterocycles. The minimum absolute atomic E-state index is 0.0231. The third-order valence-corrected chi connectivity index (χ3v) is 3.01. The Labute approximate surface area is 106 Å². The first-order valence-electron chi connectivity index (χ1n) is 5.64. The molecular formula is C10H12F3N5O. The Morgan fingerprint density at radius 3 is 2.74 bits per heavy atom. The van der Waals surface area contributed by atoms with E-state index in [0.29, 0.717) is 5.69 Å². The Hall–Kier alpha value is -1.93. The Bertz CT molecular complexity index is 461. The van der Waals surface area contributed by atoms with Crippen LogP contribution in [0.2, 0.25) is 0 Å². The van der Waals surface area contributed by atoms with Gasteiger partial charge in [-0.05, 0) is 6.42 Å². The number of carbonyl (C=O) groups is 1. The maximum Gasteiger partial charge on any atom is 0.393 e. The van der Waals surface area contributed by atoms with E-state index in [0.717, 1.165) is 0 Å². The fourth-order valence-electron chi connectivity index (χ4n) is 1.98. The third kappa shape index (κ3) is 3.30. The van der Waals surface area contributed by atoms with Crippen LogP contribution in [0.5, 0.6) is 0 Å². The number of alkyl halides is 3. The van der Waals surface area contributed by atoms with Gasteiger partial charge in [0.15, 0.2) is 0 Å². The van der Waals surface area contributed by atoms with Gasteiger partial charge in [0.2, 0.25) is 11.9 Å². The lowest BCUT2D eigenvalue weighted by Gasteiger charge is -2.30. The van der Waals surface area contributed by atoms with Gasteiger partial charge in [0, 0.05) is 18.9 Å². The zero-order valence-electron chi connectivity index (χ0n) is 9.81. The number of hydrogen-bond acceptors (Lipinski definition) is 5. The maximum absolute atomic E-state index is 12.6. The summed E-state index contributed by atoms with van der Waals surface area (Å²) in [4.78, 5) is 15.3. The van der Waals surface area contributed by atoms with Crippen molar-refractivity contribution >= 4 is 11.9 Å². The second kappa shape index (κ2) is 4.98. The normalized spacial score (nSPS) is 24.1. The highest BCUT2D eigenvalue weighted by atomic mass is 19.4. The summed E-state index contributed by atoms with van der Waals surface area (Å²) in [6, 6.07) is 0. The number of piperidine rings is 1. The molecular weight excluding hydrogens is 263 g/mol. The van der Waals surface area contributed by atoms with Gasteiger partial charge in [-0.15, -0.1) is 5.10 Å². The predicted octanol–water partition coefficient (Wildman–Crippen LogP) is 0.311. The summed E-state index contributed by atoms with van der Waals surface area (Å²) >= 11 is 0. The number of nitrogen functional groups attached to an aromatic ring is 1. The van der Waals surface area contributed by atoms with E-state index in [4.69, 9.17) is 5.73 Å². The van der Waals surface area contributed by atoms with Gasteiger partial charge in [-0.3, -0.25) is 4.79 Å². The highest BCUT2D eigenvalue weighted by Crippen LogP contribution is 2.33. The summed E-state index contributed by atoms with van der Waals surface area (Å²) in [7, 11) is 0. The molecule has 0 aromatic carbocycles. The Morgan fingerprint density at radius 2 is 2.16 bits per heavy atom. The number of nitrogens with one attached hydrogen (secondary N) is 1. The van der Waals surface area contributed by atoms with E-state index >= 15 is 0 Å². The zero-order chi connectivity index (χ0) is 14.0. The molecule has 1 amide bonds. The molecule has 2 heterocycles. The summed E-state index contributed by atoms with van der Waals surface area (Å²) < 4.78 is 37.9. The Balaban J connectivity index is 2.05. The first-order chi connectivity index (χ1) is 8.86. The highest BCUT2D eigenvalue weighted by Gasteiger charge is 2.44. The second-order valence-electron chi connectivity index (χ2n) is 4.43. The molecule has 3 N–H and O–H groups in total. The van der Waals surface area contributed by atoms with Crippen molar-refractivity contribution in [3.8, 4) is 0 Å². The van der Waals surface area contributed by atoms with Crippen molar-refractivity contribution in [2.75, 3.05) is 12.3 Å². The quantitative estimate of drug-likeness (QED) is 0.810. The van der Waals surface area contributed by atoms with Crippen LogP contribution < -0.4 is 11.1 Å². The number of amides is 1. The fourth-order valence-corrected chi connectivity index (χ4v) is 1.98. The number of nitrogens with two attached hydrogens (primary N) is 1. The van der Waals surface area contributed by atoms with Gasteiger partial charge in [-0.25, -0.2) is 4.98 Å². The summed E-state index contributed by atoms with van der Waals surface area (Å²) in [6.07, 6.45) is -3.18. The van der Waals surface area contributed by atoms with E-state index in [9.17, 15) is 18.0 Å². The topological polar surface area (TPSA) is 93.8 Å². The minimum atomic E-state index is -4.31. The summed E-state index contributed by atoms with van der Waals surface area (Å²) in [5.74, 6) is -2.73. The van der Waals surface area contributed by atoms with Crippen molar-refractivity contribution in [3.05, 3.63) is 11.9 Å². The van der Waals surface area contributed by atoms with Gasteiger partial charge < -0.3 is 11.1 Å². The lowest BCUT2D eigenvalue weighted by Crippen LogP contribution is -2.47. The van der Waals surface area contributed by atoms with Crippen molar-refractivity contribution in [2.24, 2.45) is 11.8 Å². The maximum atomic E-state index is 12.6. The van der Waals surface area contributed by atoms with E-state index in [1.807, 2.05) is 0 Å². The van der Waals surface area contributed by atoms with E-state index in [2.05, 4.69) is 20.5 Å². The third-order valence-electron chi connectivity index (χ3n) is 3.01. The number of carbonyl (C=O) groups excluding carboxylic acids is 1. The van der Waals surface area contributed by atoms with Gasteiger partial charge in [-0.1, -0.05) is 0 Å². The number of rotatable bonds is 2. The van der Waals surface area contributed by atoms with Crippen LogP contribution in [-0.2, 0) is 11.2 Å². The van der Waals surface area contributed by atoms with Crippen LogP contribution in [0.4, 0.5) is 19.1 Å². The molecule has 1 aromatic rings. The SMILES string of the molecule is Nc1ncc(C[C@H]2C[C@H](C(F)(F)F)CNC2=O)nn1. The molecule has 19 heavy (non-hydrogen) atoms. The van der Waals surface area contributed by atoms with Gasteiger partial charge >= 0.3 is 6.18 Å². The summed E-state index contributed by atoms with van der Waals surface area (Å²) in [5, 5.41) is 9.46. The molecule has 0 spiro atoms. The molecule has 1 aliphatic rings. The average Bonchev–Trinajstić information content (AvgIpc) is 2.33. The first kappa shape index (κ1) is 13.5. The van der Waals surface area contributed by atoms with Crippen LogP contribution in [0.15, 0.2) is 6.20 Å². The molecule has 0 unspecified atom stereocenters. The molecule has 104 valence electrons. The largest absolute Gasteiger partial charge is 0.393 e. The molecule has 6 nitrogen and oxygen atoms in total. The van der Waals surface area contributed by atoms with Crippen molar-refractivity contribution in [3.63, 3.8) is 0 Å². The smallest absolute Gasteiger partial charge is 0.366 e. The zero-order valence-corrected chi connectivity index (χ0v) is 9.81. The van der Waals surface area contributed by atoms with Crippen LogP contribution in [0.3, 0.4) is 0 Å². The molecule has 9 heteroatoms. The highest BCUT2D eigenvalue weighted by molar-refractivity contribution is 5.79. The van der Waals surface area contributed by atoms with Crippen LogP contribution in [-0.4, -0.2) is 33.8 Å². The molecule has 2 rings (SSSR count). The van der Waals surface area contributed by atoms with E-state index in [-0.39, 0.29) is 25.3 Å². The summed E-state index contributed by atoms with van der Waals surface area (Å²) in [6.45, 7) is -0.371. The average molecular weight is 275 g/mol. The van der Waals surface area contributed by atoms with Crippen LogP contribution in [0.1, 0.15) is 12.1 Å². The van der Waals surface area contributed by atoms with Gasteiger partial charge in [0.1, 0.15) is 0 Å². The first-order valence-corrected chi connectivity index (χ1v) is 5.64. The van der Waals surface area contributed by atoms with E-state index in [1.54, 1.807) is 0 Å². The molecule has 1 fully saturated rings. The van der Waals surface area contributed by atoms with E-state index < -0.39 is 23.9 Å².